The van der Waals surface area contributed by atoms with Gasteiger partial charge in [-0.15, -0.1) is 0 Å². The highest BCUT2D eigenvalue weighted by Crippen LogP contribution is 2.25. The number of fused-ring (bicyclic) bond motifs is 1. The van der Waals surface area contributed by atoms with Crippen LogP contribution in [0, 0.1) is 0 Å². The maximum atomic E-state index is 12.4. The Morgan fingerprint density at radius 2 is 1.71 bits per heavy atom. The van der Waals surface area contributed by atoms with Crippen LogP contribution in [0.1, 0.15) is 27.0 Å². The third-order valence-electron chi connectivity index (χ3n) is 5.72. The van der Waals surface area contributed by atoms with Gasteiger partial charge < -0.3 is 10.8 Å². The van der Waals surface area contributed by atoms with E-state index in [0.717, 1.165) is 36.0 Å². The number of hydrogen-bond donors (Lipinski definition) is 3. The lowest BCUT2D eigenvalue weighted by molar-refractivity contribution is 0.0955. The largest absolute Gasteiger partial charge is 0.506 e. The van der Waals surface area contributed by atoms with Gasteiger partial charge >= 0.3 is 0 Å². The third kappa shape index (κ3) is 6.25. The molecule has 0 unspecified atom stereocenters. The van der Waals surface area contributed by atoms with Crippen LogP contribution in [0.2, 0.25) is 5.02 Å². The number of nitrogens with zero attached hydrogens (tertiary/aromatic N) is 2. The smallest absolute Gasteiger partial charge is 0.271 e. The van der Waals surface area contributed by atoms with Gasteiger partial charge in [-0.2, -0.15) is 5.10 Å². The van der Waals surface area contributed by atoms with Crippen LogP contribution >= 0.6 is 11.6 Å². The van der Waals surface area contributed by atoms with Gasteiger partial charge in [-0.3, -0.25) is 9.69 Å². The molecule has 0 spiro atoms. The first-order valence-electron chi connectivity index (χ1n) is 11.3. The Labute approximate surface area is 209 Å². The van der Waals surface area contributed by atoms with Crippen molar-refractivity contribution in [2.75, 3.05) is 13.1 Å². The lowest BCUT2D eigenvalue weighted by atomic mass is 9.99. The van der Waals surface area contributed by atoms with E-state index in [4.69, 9.17) is 17.3 Å². The second-order valence-electron chi connectivity index (χ2n) is 8.21. The average molecular weight is 487 g/mol. The van der Waals surface area contributed by atoms with Gasteiger partial charge in [0.25, 0.3) is 5.91 Å². The van der Waals surface area contributed by atoms with Crippen LogP contribution in [0.4, 0.5) is 0 Å². The third-order valence-corrected chi connectivity index (χ3v) is 6.02. The summed E-state index contributed by atoms with van der Waals surface area (Å²) in [4.78, 5) is 14.7. The molecule has 0 saturated heterocycles. The first-order chi connectivity index (χ1) is 17.0. The lowest BCUT2D eigenvalue weighted by Crippen LogP contribution is -2.28. The Morgan fingerprint density at radius 1 is 0.971 bits per heavy atom. The van der Waals surface area contributed by atoms with Crippen molar-refractivity contribution in [3.63, 3.8) is 0 Å². The second-order valence-corrected chi connectivity index (χ2v) is 8.62. The highest BCUT2D eigenvalue weighted by Gasteiger charge is 2.11. The Hall–Kier alpha value is -3.71. The van der Waals surface area contributed by atoms with Crippen molar-refractivity contribution >= 4 is 34.5 Å². The molecule has 0 radical (unpaired) electrons. The molecule has 0 aliphatic carbocycles. The molecule has 4 N–H and O–H groups in total. The van der Waals surface area contributed by atoms with Crippen LogP contribution in [-0.2, 0) is 13.1 Å². The van der Waals surface area contributed by atoms with Gasteiger partial charge in [0.15, 0.2) is 0 Å². The van der Waals surface area contributed by atoms with Crippen LogP contribution in [0.5, 0.6) is 5.75 Å². The summed E-state index contributed by atoms with van der Waals surface area (Å²) in [5.74, 6) is -0.491. The molecule has 4 rings (SSSR count). The van der Waals surface area contributed by atoms with Gasteiger partial charge in [-0.1, -0.05) is 78.3 Å². The number of carbonyl (C=O) groups excluding carboxylic acids is 1. The molecule has 0 aliphatic rings. The van der Waals surface area contributed by atoms with Crippen LogP contribution in [0.15, 0.2) is 90.0 Å². The van der Waals surface area contributed by atoms with Gasteiger partial charge in [0, 0.05) is 37.3 Å². The van der Waals surface area contributed by atoms with Crippen molar-refractivity contribution in [2.45, 2.75) is 13.1 Å². The Kier molecular flexibility index (Phi) is 8.11. The van der Waals surface area contributed by atoms with Gasteiger partial charge in [0.1, 0.15) is 5.75 Å². The predicted molar refractivity (Wildman–Crippen MR) is 142 cm³/mol. The maximum absolute atomic E-state index is 12.4. The normalized spacial score (nSPS) is 11.4. The topological polar surface area (TPSA) is 91.0 Å². The molecule has 0 aromatic heterocycles. The second kappa shape index (κ2) is 11.6. The predicted octanol–water partition coefficient (Wildman–Crippen LogP) is 4.92. The minimum absolute atomic E-state index is 0.0768. The van der Waals surface area contributed by atoms with E-state index < -0.39 is 5.91 Å². The zero-order chi connectivity index (χ0) is 24.6. The molecule has 35 heavy (non-hydrogen) atoms. The molecule has 4 aromatic carbocycles. The summed E-state index contributed by atoms with van der Waals surface area (Å²) in [6, 6.07) is 26.9. The van der Waals surface area contributed by atoms with Crippen LogP contribution < -0.4 is 11.2 Å². The highest BCUT2D eigenvalue weighted by atomic mass is 35.5. The number of hydrogen-bond acceptors (Lipinski definition) is 5. The van der Waals surface area contributed by atoms with E-state index in [0.29, 0.717) is 12.1 Å². The SMILES string of the molecule is NCCN(Cc1ccccc1)Cc1ccc(/C=N/NC(=O)c2ccc(O)c(Cl)c2)c2ccccc12. The Bertz CT molecular complexity index is 1340. The highest BCUT2D eigenvalue weighted by molar-refractivity contribution is 6.32. The van der Waals surface area contributed by atoms with Crippen LogP contribution in [0.3, 0.4) is 0 Å². The van der Waals surface area contributed by atoms with Crippen molar-refractivity contribution in [1.29, 1.82) is 0 Å². The van der Waals surface area contributed by atoms with E-state index in [1.54, 1.807) is 6.21 Å². The van der Waals surface area contributed by atoms with Gasteiger partial charge in [-0.05, 0) is 40.1 Å². The molecule has 4 aromatic rings. The van der Waals surface area contributed by atoms with E-state index >= 15 is 0 Å². The number of nitrogens with two attached hydrogens (primary N) is 1. The van der Waals surface area contributed by atoms with Crippen molar-refractivity contribution in [3.05, 3.63) is 112 Å². The summed E-state index contributed by atoms with van der Waals surface area (Å²) in [5.41, 5.74) is 12.1. The lowest BCUT2D eigenvalue weighted by Gasteiger charge is -2.23. The number of benzene rings is 4. The molecular weight excluding hydrogens is 460 g/mol. The summed E-state index contributed by atoms with van der Waals surface area (Å²) >= 11 is 5.89. The molecule has 0 fully saturated rings. The van der Waals surface area contributed by atoms with E-state index in [1.165, 1.54) is 29.3 Å². The van der Waals surface area contributed by atoms with E-state index in [2.05, 4.69) is 51.8 Å². The fraction of sp³-hybridized carbons (Fsp3) is 0.143. The van der Waals surface area contributed by atoms with E-state index in [1.807, 2.05) is 30.3 Å². The van der Waals surface area contributed by atoms with Crippen molar-refractivity contribution in [1.82, 2.24) is 10.3 Å². The molecule has 0 saturated carbocycles. The summed E-state index contributed by atoms with van der Waals surface area (Å²) < 4.78 is 0. The van der Waals surface area contributed by atoms with Gasteiger partial charge in [0.2, 0.25) is 0 Å². The Balaban J connectivity index is 1.53. The molecule has 0 atom stereocenters. The summed E-state index contributed by atoms with van der Waals surface area (Å²) in [5, 5.41) is 16.0. The number of hydrazone groups is 1. The maximum Gasteiger partial charge on any atom is 0.271 e. The standard InChI is InChI=1S/C28H27ClN4O2/c29-26-16-21(12-13-27(26)34)28(35)32-31-17-22-10-11-23(25-9-5-4-8-24(22)25)19-33(15-14-30)18-20-6-2-1-3-7-20/h1-13,16-17,34H,14-15,18-19,30H2,(H,32,35)/b31-17+. The van der Waals surface area contributed by atoms with Gasteiger partial charge in [-0.25, -0.2) is 5.43 Å². The number of halogens is 1. The molecule has 7 heteroatoms. The quantitative estimate of drug-likeness (QED) is 0.231. The van der Waals surface area contributed by atoms with E-state index in [9.17, 15) is 9.90 Å². The molecule has 1 amide bonds. The number of carbonyl (C=O) groups is 1. The first-order valence-corrected chi connectivity index (χ1v) is 11.7. The molecular formula is C28H27ClN4O2. The first kappa shape index (κ1) is 24.4. The zero-order valence-corrected chi connectivity index (χ0v) is 19.9. The molecule has 0 aliphatic heterocycles. The Morgan fingerprint density at radius 3 is 2.46 bits per heavy atom. The minimum atomic E-state index is -0.414. The molecule has 0 heterocycles. The van der Waals surface area contributed by atoms with E-state index in [-0.39, 0.29) is 10.8 Å². The van der Waals surface area contributed by atoms with Crippen LogP contribution in [-0.4, -0.2) is 35.2 Å². The summed E-state index contributed by atoms with van der Waals surface area (Å²) in [7, 11) is 0. The average Bonchev–Trinajstić information content (AvgIpc) is 2.87. The molecule has 6 nitrogen and oxygen atoms in total. The molecule has 0 bridgehead atoms. The van der Waals surface area contributed by atoms with Crippen molar-refractivity contribution < 1.29 is 9.90 Å². The zero-order valence-electron chi connectivity index (χ0n) is 19.2. The number of rotatable bonds is 9. The molecule has 178 valence electrons. The number of phenols is 1. The van der Waals surface area contributed by atoms with Gasteiger partial charge in [0.05, 0.1) is 11.2 Å². The fourth-order valence-electron chi connectivity index (χ4n) is 3.99. The monoisotopic (exact) mass is 486 g/mol. The number of amides is 1. The number of aromatic hydroxyl groups is 1. The number of phenolic OH excluding ortho intramolecular Hbond substituents is 1. The minimum Gasteiger partial charge on any atom is -0.506 e. The van der Waals surface area contributed by atoms with Crippen molar-refractivity contribution in [2.24, 2.45) is 10.8 Å². The summed E-state index contributed by atoms with van der Waals surface area (Å²) in [6.07, 6.45) is 1.63. The summed E-state index contributed by atoms with van der Waals surface area (Å²) in [6.45, 7) is 2.96. The van der Waals surface area contributed by atoms with Crippen LogP contribution in [0.25, 0.3) is 10.8 Å². The van der Waals surface area contributed by atoms with Crippen molar-refractivity contribution in [3.8, 4) is 5.75 Å². The number of nitrogens with one attached hydrogen (secondary N) is 1. The fourth-order valence-corrected chi connectivity index (χ4v) is 4.17.